The summed E-state index contributed by atoms with van der Waals surface area (Å²) in [6.07, 6.45) is -1.19. The summed E-state index contributed by atoms with van der Waals surface area (Å²) in [5, 5.41) is 10.0. The van der Waals surface area contributed by atoms with Crippen molar-refractivity contribution in [1.82, 2.24) is 4.31 Å². The highest BCUT2D eigenvalue weighted by Crippen LogP contribution is 2.28. The number of benzene rings is 1. The molecule has 1 heterocycles. The van der Waals surface area contributed by atoms with Crippen LogP contribution in [0.2, 0.25) is 0 Å². The molecule has 6 nitrogen and oxygen atoms in total. The van der Waals surface area contributed by atoms with Crippen molar-refractivity contribution in [3.8, 4) is 0 Å². The monoisotopic (exact) mass is 361 g/mol. The van der Waals surface area contributed by atoms with Gasteiger partial charge < -0.3 is 5.11 Å². The van der Waals surface area contributed by atoms with E-state index in [1.807, 2.05) is 13.8 Å². The Morgan fingerprint density at radius 1 is 1.13 bits per heavy atom. The molecule has 2 atom stereocenters. The van der Waals surface area contributed by atoms with Crippen molar-refractivity contribution in [1.29, 1.82) is 0 Å². The van der Waals surface area contributed by atoms with Crippen LogP contribution in [0, 0.1) is 20.8 Å². The lowest BCUT2D eigenvalue weighted by atomic mass is 10.1. The third-order valence-corrected chi connectivity index (χ3v) is 8.19. The zero-order chi connectivity index (χ0) is 17.6. The van der Waals surface area contributed by atoms with E-state index in [0.29, 0.717) is 5.56 Å². The van der Waals surface area contributed by atoms with E-state index < -0.39 is 37.8 Å². The van der Waals surface area contributed by atoms with Gasteiger partial charge in [-0.15, -0.1) is 0 Å². The van der Waals surface area contributed by atoms with E-state index in [9.17, 15) is 21.9 Å². The van der Waals surface area contributed by atoms with Gasteiger partial charge in [-0.25, -0.2) is 16.8 Å². The molecule has 8 heteroatoms. The lowest BCUT2D eigenvalue weighted by Gasteiger charge is -2.29. The standard InChI is InChI=1S/C15H23NO5S2/c1-5-16(13-8-22(18,19)9-14(13)17)23(20,21)15-7-11(3)10(2)6-12(15)4/h6-7,13-14,17H,5,8-9H2,1-4H3/t13-,14+/m1/s1. The van der Waals surface area contributed by atoms with Crippen LogP contribution in [-0.4, -0.2) is 56.4 Å². The van der Waals surface area contributed by atoms with Gasteiger partial charge in [0.15, 0.2) is 9.84 Å². The van der Waals surface area contributed by atoms with Gasteiger partial charge in [0, 0.05) is 6.54 Å². The molecule has 1 aromatic carbocycles. The van der Waals surface area contributed by atoms with E-state index in [-0.39, 0.29) is 17.2 Å². The zero-order valence-corrected chi connectivity index (χ0v) is 15.4. The Balaban J connectivity index is 2.51. The van der Waals surface area contributed by atoms with E-state index in [4.69, 9.17) is 0 Å². The Morgan fingerprint density at radius 2 is 1.70 bits per heavy atom. The largest absolute Gasteiger partial charge is 0.390 e. The number of hydrogen-bond acceptors (Lipinski definition) is 5. The van der Waals surface area contributed by atoms with E-state index >= 15 is 0 Å². The van der Waals surface area contributed by atoms with Gasteiger partial charge in [0.1, 0.15) is 0 Å². The fourth-order valence-electron chi connectivity index (χ4n) is 3.01. The van der Waals surface area contributed by atoms with Crippen LogP contribution in [0.5, 0.6) is 0 Å². The maximum Gasteiger partial charge on any atom is 0.243 e. The Hall–Kier alpha value is -0.960. The molecule has 0 aromatic heterocycles. The zero-order valence-electron chi connectivity index (χ0n) is 13.8. The first kappa shape index (κ1) is 18.4. The minimum Gasteiger partial charge on any atom is -0.390 e. The smallest absolute Gasteiger partial charge is 0.243 e. The number of sulfonamides is 1. The van der Waals surface area contributed by atoms with Gasteiger partial charge in [-0.05, 0) is 43.5 Å². The first-order valence-electron chi connectivity index (χ1n) is 7.47. The van der Waals surface area contributed by atoms with Crippen molar-refractivity contribution < 1.29 is 21.9 Å². The van der Waals surface area contributed by atoms with Crippen molar-refractivity contribution in [2.24, 2.45) is 0 Å². The molecule has 0 spiro atoms. The first-order chi connectivity index (χ1) is 10.5. The maximum atomic E-state index is 13.0. The Bertz CT molecular complexity index is 815. The fraction of sp³-hybridized carbons (Fsp3) is 0.600. The molecule has 1 fully saturated rings. The van der Waals surface area contributed by atoms with Crippen LogP contribution in [0.1, 0.15) is 23.6 Å². The molecule has 0 unspecified atom stereocenters. The van der Waals surface area contributed by atoms with Gasteiger partial charge in [-0.1, -0.05) is 13.0 Å². The summed E-state index contributed by atoms with van der Waals surface area (Å²) in [6.45, 7) is 7.20. The molecule has 23 heavy (non-hydrogen) atoms. The third-order valence-electron chi connectivity index (χ3n) is 4.35. The Labute approximate surface area is 138 Å². The van der Waals surface area contributed by atoms with Crippen LogP contribution in [0.15, 0.2) is 17.0 Å². The topological polar surface area (TPSA) is 91.8 Å². The van der Waals surface area contributed by atoms with Crippen LogP contribution in [0.25, 0.3) is 0 Å². The summed E-state index contributed by atoms with van der Waals surface area (Å²) >= 11 is 0. The van der Waals surface area contributed by atoms with Gasteiger partial charge in [-0.2, -0.15) is 4.31 Å². The van der Waals surface area contributed by atoms with Crippen molar-refractivity contribution in [2.75, 3.05) is 18.1 Å². The molecule has 1 N–H and O–H groups in total. The Kier molecular flexibility index (Phi) is 4.92. The fourth-order valence-corrected chi connectivity index (χ4v) is 6.86. The van der Waals surface area contributed by atoms with Gasteiger partial charge in [0.2, 0.25) is 10.0 Å². The molecule has 0 radical (unpaired) electrons. The van der Waals surface area contributed by atoms with Crippen LogP contribution < -0.4 is 0 Å². The molecule has 0 aliphatic carbocycles. The lowest BCUT2D eigenvalue weighted by Crippen LogP contribution is -2.46. The second kappa shape index (κ2) is 6.16. The summed E-state index contributed by atoms with van der Waals surface area (Å²) in [7, 11) is -7.30. The third kappa shape index (κ3) is 3.45. The summed E-state index contributed by atoms with van der Waals surface area (Å²) in [6, 6.07) is 2.48. The van der Waals surface area contributed by atoms with Gasteiger partial charge >= 0.3 is 0 Å². The van der Waals surface area contributed by atoms with Crippen molar-refractivity contribution in [3.05, 3.63) is 28.8 Å². The van der Waals surface area contributed by atoms with Crippen molar-refractivity contribution >= 4 is 19.9 Å². The summed E-state index contributed by atoms with van der Waals surface area (Å²) in [5.41, 5.74) is 2.46. The summed E-state index contributed by atoms with van der Waals surface area (Å²) in [5.74, 6) is -0.735. The summed E-state index contributed by atoms with van der Waals surface area (Å²) in [4.78, 5) is 0.166. The van der Waals surface area contributed by atoms with E-state index in [0.717, 1.165) is 15.4 Å². The molecule has 2 rings (SSSR count). The van der Waals surface area contributed by atoms with Gasteiger partial charge in [0.25, 0.3) is 0 Å². The maximum absolute atomic E-state index is 13.0. The second-order valence-corrected chi connectivity index (χ2v) is 10.1. The molecule has 0 amide bonds. The van der Waals surface area contributed by atoms with Gasteiger partial charge in [-0.3, -0.25) is 0 Å². The van der Waals surface area contributed by atoms with Crippen LogP contribution >= 0.6 is 0 Å². The number of aliphatic hydroxyl groups excluding tert-OH is 1. The van der Waals surface area contributed by atoms with Crippen molar-refractivity contribution in [3.63, 3.8) is 0 Å². The number of nitrogens with zero attached hydrogens (tertiary/aromatic N) is 1. The minimum absolute atomic E-state index is 0.103. The SMILES string of the molecule is CCN([C@@H]1CS(=O)(=O)C[C@@H]1O)S(=O)(=O)c1cc(C)c(C)cc1C. The molecule has 130 valence electrons. The van der Waals surface area contributed by atoms with E-state index in [2.05, 4.69) is 0 Å². The van der Waals surface area contributed by atoms with Gasteiger partial charge in [0.05, 0.1) is 28.5 Å². The molecule has 1 aliphatic rings. The predicted octanol–water partition coefficient (Wildman–Crippen LogP) is 0.780. The molecular formula is C15H23NO5S2. The van der Waals surface area contributed by atoms with Crippen LogP contribution in [-0.2, 0) is 19.9 Å². The summed E-state index contributed by atoms with van der Waals surface area (Å²) < 4.78 is 50.6. The number of aliphatic hydroxyl groups is 1. The normalized spacial score (nSPS) is 24.3. The van der Waals surface area contributed by atoms with E-state index in [1.54, 1.807) is 26.0 Å². The average Bonchev–Trinajstić information content (AvgIpc) is 2.67. The quantitative estimate of drug-likeness (QED) is 0.856. The number of sulfone groups is 1. The number of likely N-dealkylation sites (N-methyl/N-ethyl adjacent to an activating group) is 1. The van der Waals surface area contributed by atoms with Crippen LogP contribution in [0.3, 0.4) is 0 Å². The number of hydrogen-bond donors (Lipinski definition) is 1. The highest BCUT2D eigenvalue weighted by molar-refractivity contribution is 7.92. The highest BCUT2D eigenvalue weighted by atomic mass is 32.2. The van der Waals surface area contributed by atoms with E-state index in [1.165, 1.54) is 0 Å². The predicted molar refractivity (Wildman–Crippen MR) is 88.7 cm³/mol. The molecule has 0 bridgehead atoms. The molecule has 0 saturated carbocycles. The molecular weight excluding hydrogens is 338 g/mol. The molecule has 1 aromatic rings. The first-order valence-corrected chi connectivity index (χ1v) is 10.7. The van der Waals surface area contributed by atoms with Crippen molar-refractivity contribution in [2.45, 2.75) is 44.7 Å². The number of rotatable bonds is 4. The second-order valence-electron chi connectivity index (χ2n) is 6.12. The van der Waals surface area contributed by atoms with Crippen LogP contribution in [0.4, 0.5) is 0 Å². The minimum atomic E-state index is -3.88. The lowest BCUT2D eigenvalue weighted by molar-refractivity contribution is 0.130. The highest BCUT2D eigenvalue weighted by Gasteiger charge is 2.44. The average molecular weight is 361 g/mol. The number of aryl methyl sites for hydroxylation is 3. The Morgan fingerprint density at radius 3 is 2.17 bits per heavy atom. The molecule has 1 aliphatic heterocycles. The molecule has 1 saturated heterocycles.